The van der Waals surface area contributed by atoms with Gasteiger partial charge in [-0.1, -0.05) is 84.9 Å². The molecule has 0 saturated heterocycles. The number of carbonyl (C=O) groups is 1. The predicted octanol–water partition coefficient (Wildman–Crippen LogP) is 4.45. The largest absolute Gasteiger partial charge is 0.344 e. The van der Waals surface area contributed by atoms with Gasteiger partial charge in [0, 0.05) is 6.42 Å². The molecule has 2 atom stereocenters. The molecule has 6 rings (SSSR count). The molecule has 40 heavy (non-hydrogen) atoms. The highest BCUT2D eigenvalue weighted by molar-refractivity contribution is 5.83. The lowest BCUT2D eigenvalue weighted by Gasteiger charge is -2.23. The van der Waals surface area contributed by atoms with Crippen LogP contribution in [0.3, 0.4) is 0 Å². The summed E-state index contributed by atoms with van der Waals surface area (Å²) in [6.07, 6.45) is 0.625. The van der Waals surface area contributed by atoms with Crippen molar-refractivity contribution in [2.75, 3.05) is 0 Å². The maximum atomic E-state index is 14.1. The lowest BCUT2D eigenvalue weighted by molar-refractivity contribution is -0.125. The Morgan fingerprint density at radius 3 is 2.02 bits per heavy atom. The second-order valence-corrected chi connectivity index (χ2v) is 9.75. The number of amides is 1. The molecular formula is C32H27N5O3. The molecule has 4 aromatic carbocycles. The molecule has 0 saturated carbocycles. The second kappa shape index (κ2) is 10.9. The van der Waals surface area contributed by atoms with E-state index in [-0.39, 0.29) is 6.42 Å². The van der Waals surface area contributed by atoms with Gasteiger partial charge in [-0.3, -0.25) is 9.59 Å². The fourth-order valence-corrected chi connectivity index (χ4v) is 5.07. The zero-order valence-corrected chi connectivity index (χ0v) is 21.6. The lowest BCUT2D eigenvalue weighted by atomic mass is 10.0. The van der Waals surface area contributed by atoms with Crippen molar-refractivity contribution in [2.24, 2.45) is 0 Å². The molecule has 0 bridgehead atoms. The van der Waals surface area contributed by atoms with Crippen LogP contribution in [0.1, 0.15) is 29.0 Å². The summed E-state index contributed by atoms with van der Waals surface area (Å²) >= 11 is 0. The molecular weight excluding hydrogens is 502 g/mol. The molecule has 2 aromatic heterocycles. The van der Waals surface area contributed by atoms with Gasteiger partial charge in [-0.05, 0) is 41.8 Å². The number of imidazole rings is 1. The average molecular weight is 530 g/mol. The van der Waals surface area contributed by atoms with E-state index < -0.39 is 29.2 Å². The fourth-order valence-electron chi connectivity index (χ4n) is 5.07. The van der Waals surface area contributed by atoms with Gasteiger partial charge in [0.15, 0.2) is 0 Å². The van der Waals surface area contributed by atoms with Crippen molar-refractivity contribution in [3.63, 3.8) is 0 Å². The van der Waals surface area contributed by atoms with Crippen molar-refractivity contribution in [1.82, 2.24) is 24.8 Å². The van der Waals surface area contributed by atoms with E-state index in [1.165, 1.54) is 0 Å². The molecule has 0 aliphatic carbocycles. The number of fused-ring (bicyclic) bond motifs is 2. The number of para-hydroxylation sites is 3. The zero-order valence-electron chi connectivity index (χ0n) is 21.6. The van der Waals surface area contributed by atoms with Gasteiger partial charge >= 0.3 is 5.69 Å². The normalized spacial score (nSPS) is 12.8. The summed E-state index contributed by atoms with van der Waals surface area (Å²) in [5.74, 6) is 0.143. The van der Waals surface area contributed by atoms with Crippen molar-refractivity contribution in [2.45, 2.75) is 24.9 Å². The van der Waals surface area contributed by atoms with Gasteiger partial charge in [0.05, 0.1) is 28.0 Å². The van der Waals surface area contributed by atoms with Crippen LogP contribution >= 0.6 is 0 Å². The van der Waals surface area contributed by atoms with Crippen molar-refractivity contribution in [3.05, 3.63) is 147 Å². The summed E-state index contributed by atoms with van der Waals surface area (Å²) in [6, 6.07) is 32.0. The van der Waals surface area contributed by atoms with E-state index in [0.717, 1.165) is 26.7 Å². The van der Waals surface area contributed by atoms with Crippen LogP contribution in [0.4, 0.5) is 0 Å². The van der Waals surface area contributed by atoms with E-state index >= 15 is 0 Å². The Morgan fingerprint density at radius 1 is 0.725 bits per heavy atom. The summed E-state index contributed by atoms with van der Waals surface area (Å²) < 4.78 is 1.03. The molecule has 0 radical (unpaired) electrons. The van der Waals surface area contributed by atoms with Crippen molar-refractivity contribution < 1.29 is 4.79 Å². The zero-order chi connectivity index (χ0) is 27.5. The Hall–Kier alpha value is -5.24. The van der Waals surface area contributed by atoms with E-state index in [1.54, 1.807) is 24.3 Å². The number of nitrogens with one attached hydrogen (secondary N) is 3. The van der Waals surface area contributed by atoms with Gasteiger partial charge in [-0.25, -0.2) is 14.3 Å². The van der Waals surface area contributed by atoms with Crippen LogP contribution in [0.2, 0.25) is 0 Å². The Bertz CT molecular complexity index is 1880. The van der Waals surface area contributed by atoms with Crippen LogP contribution in [0.25, 0.3) is 21.9 Å². The molecule has 3 N–H and O–H groups in total. The summed E-state index contributed by atoms with van der Waals surface area (Å²) in [5.41, 5.74) is 2.75. The van der Waals surface area contributed by atoms with Crippen LogP contribution in [0.15, 0.2) is 119 Å². The predicted molar refractivity (Wildman–Crippen MR) is 155 cm³/mol. The first kappa shape index (κ1) is 25.1. The van der Waals surface area contributed by atoms with Crippen LogP contribution in [0, 0.1) is 0 Å². The minimum absolute atomic E-state index is 0.159. The minimum Gasteiger partial charge on any atom is -0.344 e. The van der Waals surface area contributed by atoms with Crippen molar-refractivity contribution >= 4 is 27.8 Å². The summed E-state index contributed by atoms with van der Waals surface area (Å²) in [6.45, 7) is 0. The van der Waals surface area contributed by atoms with Crippen LogP contribution in [0.5, 0.6) is 0 Å². The van der Waals surface area contributed by atoms with Crippen LogP contribution in [-0.2, 0) is 17.6 Å². The number of H-pyrrole nitrogens is 2. The molecule has 6 aromatic rings. The highest BCUT2D eigenvalue weighted by Gasteiger charge is 2.29. The second-order valence-electron chi connectivity index (χ2n) is 9.75. The Balaban J connectivity index is 1.42. The standard InChI is InChI=1S/C32H27N5O3/c38-30(35-27(19-21-11-3-1-4-12-21)29-33-25-17-9-10-18-26(25)34-29)28(20-22-13-5-2-6-14-22)37-31(39)23-15-7-8-16-24(23)36-32(37)40/h1-18,27-28H,19-20H2,(H,33,34)(H,35,38)(H,36,40)/t27-,28-/m0/s1. The third-order valence-electron chi connectivity index (χ3n) is 7.06. The van der Waals surface area contributed by atoms with Gasteiger partial charge in [-0.2, -0.15) is 0 Å². The van der Waals surface area contributed by atoms with Gasteiger partial charge < -0.3 is 15.3 Å². The Labute approximate surface area is 229 Å². The number of aromatic amines is 2. The van der Waals surface area contributed by atoms with E-state index in [2.05, 4.69) is 15.3 Å². The first-order chi connectivity index (χ1) is 19.6. The topological polar surface area (TPSA) is 113 Å². The number of hydrogen-bond acceptors (Lipinski definition) is 4. The molecule has 198 valence electrons. The monoisotopic (exact) mass is 529 g/mol. The first-order valence-electron chi connectivity index (χ1n) is 13.1. The molecule has 0 aliphatic heterocycles. The van der Waals surface area contributed by atoms with Crippen LogP contribution < -0.4 is 16.6 Å². The highest BCUT2D eigenvalue weighted by atomic mass is 16.2. The number of aromatic nitrogens is 4. The smallest absolute Gasteiger partial charge is 0.329 e. The number of benzene rings is 4. The SMILES string of the molecule is O=C(N[C@@H](Cc1ccccc1)c1nc2ccccc2[nH]1)[C@H](Cc1ccccc1)n1c(=O)[nH]c2ccccc2c1=O. The van der Waals surface area contributed by atoms with E-state index in [9.17, 15) is 14.4 Å². The van der Waals surface area contributed by atoms with Gasteiger partial charge in [-0.15, -0.1) is 0 Å². The number of hydrogen-bond donors (Lipinski definition) is 3. The molecule has 0 unspecified atom stereocenters. The highest BCUT2D eigenvalue weighted by Crippen LogP contribution is 2.22. The molecule has 0 aliphatic rings. The third-order valence-corrected chi connectivity index (χ3v) is 7.06. The van der Waals surface area contributed by atoms with E-state index in [4.69, 9.17) is 4.98 Å². The summed E-state index contributed by atoms with van der Waals surface area (Å²) in [7, 11) is 0. The van der Waals surface area contributed by atoms with Gasteiger partial charge in [0.1, 0.15) is 11.9 Å². The number of carbonyl (C=O) groups excluding carboxylic acids is 1. The minimum atomic E-state index is -1.09. The number of nitrogens with zero attached hydrogens (tertiary/aromatic N) is 2. The molecule has 2 heterocycles. The fraction of sp³-hybridized carbons (Fsp3) is 0.125. The Morgan fingerprint density at radius 2 is 1.32 bits per heavy atom. The quantitative estimate of drug-likeness (QED) is 0.270. The third kappa shape index (κ3) is 5.07. The van der Waals surface area contributed by atoms with Crippen LogP contribution in [-0.4, -0.2) is 25.4 Å². The lowest BCUT2D eigenvalue weighted by Crippen LogP contribution is -2.46. The molecule has 8 heteroatoms. The van der Waals surface area contributed by atoms with Crippen molar-refractivity contribution in [3.8, 4) is 0 Å². The number of rotatable bonds is 8. The van der Waals surface area contributed by atoms with E-state index in [1.807, 2.05) is 84.9 Å². The van der Waals surface area contributed by atoms with Crippen molar-refractivity contribution in [1.29, 1.82) is 0 Å². The molecule has 8 nitrogen and oxygen atoms in total. The molecule has 1 amide bonds. The molecule has 0 fully saturated rings. The Kier molecular flexibility index (Phi) is 6.80. The van der Waals surface area contributed by atoms with Gasteiger partial charge in [0.25, 0.3) is 5.56 Å². The van der Waals surface area contributed by atoms with E-state index in [0.29, 0.717) is 23.1 Å². The summed E-state index contributed by atoms with van der Waals surface area (Å²) in [5, 5.41) is 3.46. The van der Waals surface area contributed by atoms with Gasteiger partial charge in [0.2, 0.25) is 5.91 Å². The summed E-state index contributed by atoms with van der Waals surface area (Å²) in [4.78, 5) is 51.8. The maximum absolute atomic E-state index is 14.1. The average Bonchev–Trinajstić information content (AvgIpc) is 3.42. The maximum Gasteiger partial charge on any atom is 0.329 e. The first-order valence-corrected chi connectivity index (χ1v) is 13.1. The molecule has 0 spiro atoms.